The lowest BCUT2D eigenvalue weighted by molar-refractivity contribution is -0.0773. The Morgan fingerprint density at radius 1 is 1.25 bits per heavy atom. The van der Waals surface area contributed by atoms with Crippen molar-refractivity contribution in [2.75, 3.05) is 33.9 Å². The molecule has 0 spiro atoms. The highest BCUT2D eigenvalue weighted by Gasteiger charge is 2.21. The summed E-state index contributed by atoms with van der Waals surface area (Å²) in [6, 6.07) is 0. The number of hydrogen-bond acceptors (Lipinski definition) is 3. The van der Waals surface area contributed by atoms with Gasteiger partial charge in [-0.15, -0.1) is 0 Å². The molecule has 1 heterocycles. The van der Waals surface area contributed by atoms with Gasteiger partial charge >= 0.3 is 0 Å². The lowest BCUT2D eigenvalue weighted by Gasteiger charge is -2.36. The molecule has 1 aliphatic heterocycles. The van der Waals surface area contributed by atoms with Gasteiger partial charge in [-0.2, -0.15) is 0 Å². The Morgan fingerprint density at radius 2 is 1.75 bits per heavy atom. The molecule has 0 radical (unpaired) electrons. The van der Waals surface area contributed by atoms with Crippen molar-refractivity contribution in [3.63, 3.8) is 0 Å². The van der Waals surface area contributed by atoms with Gasteiger partial charge in [0.15, 0.2) is 0 Å². The summed E-state index contributed by atoms with van der Waals surface area (Å²) in [4.78, 5) is 4.63. The summed E-state index contributed by atoms with van der Waals surface area (Å²) in [5.41, 5.74) is 0. The van der Waals surface area contributed by atoms with Gasteiger partial charge in [-0.1, -0.05) is 0 Å². The average Bonchev–Trinajstić information content (AvgIpc) is 1.81. The van der Waals surface area contributed by atoms with Gasteiger partial charge in [-0.3, -0.25) is 9.80 Å². The molecule has 72 valence electrons. The van der Waals surface area contributed by atoms with Crippen LogP contribution in [-0.4, -0.2) is 55.9 Å². The molecule has 0 saturated carbocycles. The first-order valence-electron chi connectivity index (χ1n) is 4.60. The van der Waals surface area contributed by atoms with E-state index in [2.05, 4.69) is 37.7 Å². The maximum Gasteiger partial charge on any atom is 0.0678 e. The Balaban J connectivity index is 2.34. The Morgan fingerprint density at radius 3 is 2.17 bits per heavy atom. The molecule has 0 aliphatic carbocycles. The molecular weight excluding hydrogens is 152 g/mol. The maximum absolute atomic E-state index is 5.64. The lowest BCUT2D eigenvalue weighted by atomic mass is 10.2. The average molecular weight is 172 g/mol. The molecule has 1 rings (SSSR count). The van der Waals surface area contributed by atoms with E-state index >= 15 is 0 Å². The van der Waals surface area contributed by atoms with Crippen LogP contribution < -0.4 is 0 Å². The number of morpholine rings is 1. The Hall–Kier alpha value is -0.120. The number of ether oxygens (including phenoxy) is 1. The van der Waals surface area contributed by atoms with Crippen LogP contribution in [0.3, 0.4) is 0 Å². The zero-order chi connectivity index (χ0) is 9.14. The van der Waals surface area contributed by atoms with Crippen molar-refractivity contribution in [1.29, 1.82) is 0 Å². The predicted octanol–water partition coefficient (Wildman–Crippen LogP) is 0.615. The topological polar surface area (TPSA) is 15.7 Å². The van der Waals surface area contributed by atoms with Gasteiger partial charge in [0.1, 0.15) is 0 Å². The van der Waals surface area contributed by atoms with Gasteiger partial charge in [0.25, 0.3) is 0 Å². The first-order chi connectivity index (χ1) is 5.58. The van der Waals surface area contributed by atoms with E-state index in [9.17, 15) is 0 Å². The van der Waals surface area contributed by atoms with Gasteiger partial charge in [0, 0.05) is 13.1 Å². The maximum atomic E-state index is 5.64. The van der Waals surface area contributed by atoms with Gasteiger partial charge in [0.05, 0.1) is 18.9 Å². The third-order valence-corrected chi connectivity index (χ3v) is 1.98. The molecule has 1 aliphatic rings. The SMILES string of the molecule is CC1CN(CN(C)C)CC(C)O1. The van der Waals surface area contributed by atoms with Gasteiger partial charge < -0.3 is 4.74 Å². The fourth-order valence-corrected chi connectivity index (χ4v) is 1.80. The predicted molar refractivity (Wildman–Crippen MR) is 50.1 cm³/mol. The van der Waals surface area contributed by atoms with E-state index in [1.807, 2.05) is 0 Å². The molecule has 12 heavy (non-hydrogen) atoms. The van der Waals surface area contributed by atoms with Crippen molar-refractivity contribution in [2.45, 2.75) is 26.1 Å². The number of nitrogens with zero attached hydrogens (tertiary/aromatic N) is 2. The second-order valence-corrected chi connectivity index (χ2v) is 4.01. The van der Waals surface area contributed by atoms with E-state index in [0.29, 0.717) is 12.2 Å². The molecule has 0 amide bonds. The normalized spacial score (nSPS) is 32.8. The first kappa shape index (κ1) is 9.96. The molecule has 1 saturated heterocycles. The van der Waals surface area contributed by atoms with E-state index in [4.69, 9.17) is 4.74 Å². The Labute approximate surface area is 75.3 Å². The van der Waals surface area contributed by atoms with Crippen LogP contribution in [0.25, 0.3) is 0 Å². The minimum Gasteiger partial charge on any atom is -0.373 e. The first-order valence-corrected chi connectivity index (χ1v) is 4.60. The number of rotatable bonds is 2. The van der Waals surface area contributed by atoms with Crippen molar-refractivity contribution >= 4 is 0 Å². The zero-order valence-corrected chi connectivity index (χ0v) is 8.58. The summed E-state index contributed by atoms with van der Waals surface area (Å²) >= 11 is 0. The molecule has 1 fully saturated rings. The standard InChI is InChI=1S/C9H20N2O/c1-8-5-11(7-10(3)4)6-9(2)12-8/h8-9H,5-7H2,1-4H3. The van der Waals surface area contributed by atoms with Gasteiger partial charge in [0.2, 0.25) is 0 Å². The summed E-state index contributed by atoms with van der Waals surface area (Å²) < 4.78 is 5.64. The molecule has 0 bridgehead atoms. The molecule has 3 heteroatoms. The Kier molecular flexibility index (Phi) is 3.50. The summed E-state index contributed by atoms with van der Waals surface area (Å²) in [5, 5.41) is 0. The van der Waals surface area contributed by atoms with Crippen LogP contribution in [0.1, 0.15) is 13.8 Å². The molecule has 0 aromatic heterocycles. The van der Waals surface area contributed by atoms with Crippen molar-refractivity contribution < 1.29 is 4.74 Å². The van der Waals surface area contributed by atoms with E-state index in [1.54, 1.807) is 0 Å². The fraction of sp³-hybridized carbons (Fsp3) is 1.00. The van der Waals surface area contributed by atoms with Gasteiger partial charge in [-0.25, -0.2) is 0 Å². The van der Waals surface area contributed by atoms with Crippen LogP contribution in [0.4, 0.5) is 0 Å². The lowest BCUT2D eigenvalue weighted by Crippen LogP contribution is -2.48. The second-order valence-electron chi connectivity index (χ2n) is 4.01. The summed E-state index contributed by atoms with van der Waals surface area (Å²) in [6.45, 7) is 7.43. The van der Waals surface area contributed by atoms with Gasteiger partial charge in [-0.05, 0) is 27.9 Å². The molecule has 0 aromatic rings. The molecule has 2 unspecified atom stereocenters. The monoisotopic (exact) mass is 172 g/mol. The Bertz CT molecular complexity index is 126. The largest absolute Gasteiger partial charge is 0.373 e. The van der Waals surface area contributed by atoms with E-state index < -0.39 is 0 Å². The smallest absolute Gasteiger partial charge is 0.0678 e. The minimum absolute atomic E-state index is 0.383. The molecule has 0 aromatic carbocycles. The van der Waals surface area contributed by atoms with Crippen LogP contribution in [0, 0.1) is 0 Å². The molecule has 0 N–H and O–H groups in total. The highest BCUT2D eigenvalue weighted by molar-refractivity contribution is 4.71. The van der Waals surface area contributed by atoms with Crippen LogP contribution in [0.15, 0.2) is 0 Å². The van der Waals surface area contributed by atoms with Crippen LogP contribution >= 0.6 is 0 Å². The summed E-state index contributed by atoms with van der Waals surface area (Å²) in [7, 11) is 4.20. The zero-order valence-electron chi connectivity index (χ0n) is 8.58. The quantitative estimate of drug-likeness (QED) is 0.607. The second kappa shape index (κ2) is 4.21. The van der Waals surface area contributed by atoms with E-state index in [1.165, 1.54) is 0 Å². The molecule has 3 nitrogen and oxygen atoms in total. The fourth-order valence-electron chi connectivity index (χ4n) is 1.80. The van der Waals surface area contributed by atoms with E-state index in [0.717, 1.165) is 19.8 Å². The van der Waals surface area contributed by atoms with Crippen molar-refractivity contribution in [3.8, 4) is 0 Å². The molecular formula is C9H20N2O. The third-order valence-electron chi connectivity index (χ3n) is 1.98. The van der Waals surface area contributed by atoms with Crippen LogP contribution in [-0.2, 0) is 4.74 Å². The highest BCUT2D eigenvalue weighted by atomic mass is 16.5. The van der Waals surface area contributed by atoms with Crippen LogP contribution in [0.5, 0.6) is 0 Å². The summed E-state index contributed by atoms with van der Waals surface area (Å²) in [5.74, 6) is 0. The highest BCUT2D eigenvalue weighted by Crippen LogP contribution is 2.09. The van der Waals surface area contributed by atoms with E-state index in [-0.39, 0.29) is 0 Å². The number of hydrogen-bond donors (Lipinski definition) is 0. The van der Waals surface area contributed by atoms with Crippen molar-refractivity contribution in [1.82, 2.24) is 9.80 Å². The third kappa shape index (κ3) is 3.09. The summed E-state index contributed by atoms with van der Waals surface area (Å²) in [6.07, 6.45) is 0.766. The minimum atomic E-state index is 0.383. The molecule has 2 atom stereocenters. The van der Waals surface area contributed by atoms with Crippen molar-refractivity contribution in [2.24, 2.45) is 0 Å². The van der Waals surface area contributed by atoms with Crippen molar-refractivity contribution in [3.05, 3.63) is 0 Å². The van der Waals surface area contributed by atoms with Crippen LogP contribution in [0.2, 0.25) is 0 Å².